The van der Waals surface area contributed by atoms with E-state index < -0.39 is 29.6 Å². The number of benzene rings is 1. The third-order valence-electron chi connectivity index (χ3n) is 2.95. The van der Waals surface area contributed by atoms with Crippen molar-refractivity contribution in [2.75, 3.05) is 13.7 Å². The molecule has 3 N–H and O–H groups in total. The van der Waals surface area contributed by atoms with Gasteiger partial charge < -0.3 is 14.8 Å². The lowest BCUT2D eigenvalue weighted by Crippen LogP contribution is -2.52. The van der Waals surface area contributed by atoms with E-state index in [1.54, 1.807) is 20.8 Å². The van der Waals surface area contributed by atoms with Gasteiger partial charge in [0.25, 0.3) is 5.91 Å². The summed E-state index contributed by atoms with van der Waals surface area (Å²) in [4.78, 5) is 35.1. The van der Waals surface area contributed by atoms with Gasteiger partial charge in [0.1, 0.15) is 18.2 Å². The molecule has 1 aromatic carbocycles. The fourth-order valence-electron chi connectivity index (χ4n) is 1.86. The minimum absolute atomic E-state index is 0.291. The first-order chi connectivity index (χ1) is 11.7. The summed E-state index contributed by atoms with van der Waals surface area (Å²) >= 11 is 0. The molecule has 8 nitrogen and oxygen atoms in total. The molecule has 0 spiro atoms. The fraction of sp³-hybridized carbons (Fsp3) is 0.471. The maximum absolute atomic E-state index is 11.8. The third-order valence-corrected chi connectivity index (χ3v) is 2.95. The van der Waals surface area contributed by atoms with Gasteiger partial charge in [0.2, 0.25) is 0 Å². The molecule has 1 rings (SSSR count). The number of carbonyl (C=O) groups is 3. The minimum atomic E-state index is -0.752. The van der Waals surface area contributed by atoms with Gasteiger partial charge in [-0.3, -0.25) is 15.0 Å². The second-order valence-electron chi connectivity index (χ2n) is 6.31. The van der Waals surface area contributed by atoms with Crippen molar-refractivity contribution in [3.63, 3.8) is 0 Å². The van der Waals surface area contributed by atoms with Crippen LogP contribution in [0.3, 0.4) is 0 Å². The number of methoxy groups -OCH3 is 1. The topological polar surface area (TPSA) is 106 Å². The summed E-state index contributed by atoms with van der Waals surface area (Å²) in [6.07, 6.45) is -0.357. The van der Waals surface area contributed by atoms with Crippen molar-refractivity contribution in [1.82, 2.24) is 16.2 Å². The molecule has 0 aliphatic carbocycles. The SMILES string of the molecule is COC(=O)[C@H](Cc1ccccc1)NNC(=O)CNC(=O)OC(C)(C)C. The van der Waals surface area contributed by atoms with Crippen molar-refractivity contribution in [2.45, 2.75) is 38.8 Å². The van der Waals surface area contributed by atoms with Gasteiger partial charge in [-0.2, -0.15) is 0 Å². The Bertz CT molecular complexity index is 584. The molecule has 0 saturated heterocycles. The Labute approximate surface area is 147 Å². The first-order valence-corrected chi connectivity index (χ1v) is 7.84. The van der Waals surface area contributed by atoms with Crippen LogP contribution < -0.4 is 16.2 Å². The Morgan fingerprint density at radius 3 is 2.32 bits per heavy atom. The predicted molar refractivity (Wildman–Crippen MR) is 91.5 cm³/mol. The van der Waals surface area contributed by atoms with Gasteiger partial charge in [0.15, 0.2) is 0 Å². The Kier molecular flexibility index (Phi) is 7.87. The minimum Gasteiger partial charge on any atom is -0.468 e. The Morgan fingerprint density at radius 2 is 1.76 bits per heavy atom. The average molecular weight is 351 g/mol. The lowest BCUT2D eigenvalue weighted by atomic mass is 10.1. The lowest BCUT2D eigenvalue weighted by molar-refractivity contribution is -0.143. The molecule has 0 heterocycles. The number of amides is 2. The smallest absolute Gasteiger partial charge is 0.408 e. The molecule has 0 aliphatic heterocycles. The van der Waals surface area contributed by atoms with E-state index in [4.69, 9.17) is 9.47 Å². The van der Waals surface area contributed by atoms with E-state index in [0.29, 0.717) is 6.42 Å². The molecule has 0 saturated carbocycles. The first kappa shape index (κ1) is 20.4. The number of hydrazine groups is 1. The van der Waals surface area contributed by atoms with Gasteiger partial charge in [-0.05, 0) is 26.3 Å². The number of carbonyl (C=O) groups excluding carboxylic acids is 3. The molecule has 1 atom stereocenters. The van der Waals surface area contributed by atoms with Crippen molar-refractivity contribution in [3.8, 4) is 0 Å². The molecule has 1 aromatic rings. The van der Waals surface area contributed by atoms with Crippen LogP contribution in [0.2, 0.25) is 0 Å². The van der Waals surface area contributed by atoms with E-state index in [-0.39, 0.29) is 6.54 Å². The molecule has 25 heavy (non-hydrogen) atoms. The molecule has 0 bridgehead atoms. The largest absolute Gasteiger partial charge is 0.468 e. The van der Waals surface area contributed by atoms with Gasteiger partial charge in [0, 0.05) is 6.42 Å². The van der Waals surface area contributed by atoms with E-state index in [2.05, 4.69) is 16.2 Å². The number of nitrogens with one attached hydrogen (secondary N) is 3. The standard InChI is InChI=1S/C17H25N3O5/c1-17(2,3)25-16(23)18-11-14(21)20-19-13(15(22)24-4)10-12-8-6-5-7-9-12/h5-9,13,19H,10-11H2,1-4H3,(H,18,23)(H,20,21)/t13-/m0/s1. The highest BCUT2D eigenvalue weighted by molar-refractivity contribution is 5.82. The molecule has 0 aliphatic rings. The number of esters is 1. The zero-order valence-corrected chi connectivity index (χ0v) is 14.9. The normalized spacial score (nSPS) is 12.0. The molecule has 0 radical (unpaired) electrons. The summed E-state index contributed by atoms with van der Waals surface area (Å²) in [5.74, 6) is -1.03. The van der Waals surface area contributed by atoms with Crippen LogP contribution in [-0.4, -0.2) is 43.3 Å². The quantitative estimate of drug-likeness (QED) is 0.498. The number of alkyl carbamates (subject to hydrolysis) is 1. The number of hydrogen-bond donors (Lipinski definition) is 3. The van der Waals surface area contributed by atoms with Gasteiger partial charge in [0.05, 0.1) is 7.11 Å². The molecule has 0 aromatic heterocycles. The second-order valence-corrected chi connectivity index (χ2v) is 6.31. The highest BCUT2D eigenvalue weighted by Crippen LogP contribution is 2.06. The molecule has 0 fully saturated rings. The van der Waals surface area contributed by atoms with Crippen LogP contribution in [0, 0.1) is 0 Å². The van der Waals surface area contributed by atoms with Gasteiger partial charge in [-0.15, -0.1) is 0 Å². The van der Waals surface area contributed by atoms with Crippen LogP contribution in [0.5, 0.6) is 0 Å². The lowest BCUT2D eigenvalue weighted by Gasteiger charge is -2.20. The van der Waals surface area contributed by atoms with Crippen LogP contribution in [0.15, 0.2) is 30.3 Å². The summed E-state index contributed by atoms with van der Waals surface area (Å²) in [7, 11) is 1.27. The Morgan fingerprint density at radius 1 is 1.12 bits per heavy atom. The van der Waals surface area contributed by atoms with Crippen molar-refractivity contribution in [3.05, 3.63) is 35.9 Å². The molecular weight excluding hydrogens is 326 g/mol. The second kappa shape index (κ2) is 9.63. The first-order valence-electron chi connectivity index (χ1n) is 7.84. The maximum atomic E-state index is 11.8. The van der Waals surface area contributed by atoms with E-state index in [0.717, 1.165) is 5.56 Å². The summed E-state index contributed by atoms with van der Waals surface area (Å²) < 4.78 is 9.75. The van der Waals surface area contributed by atoms with E-state index in [9.17, 15) is 14.4 Å². The molecule has 2 amide bonds. The number of ether oxygens (including phenoxy) is 2. The summed E-state index contributed by atoms with van der Waals surface area (Å²) in [5.41, 5.74) is 5.26. The van der Waals surface area contributed by atoms with Crippen LogP contribution in [0.1, 0.15) is 26.3 Å². The van der Waals surface area contributed by atoms with E-state index in [1.165, 1.54) is 7.11 Å². The monoisotopic (exact) mass is 351 g/mol. The number of rotatable bonds is 7. The Hall–Kier alpha value is -2.61. The van der Waals surface area contributed by atoms with Crippen molar-refractivity contribution >= 4 is 18.0 Å². The van der Waals surface area contributed by atoms with Gasteiger partial charge in [-0.1, -0.05) is 30.3 Å². The third kappa shape index (κ3) is 8.71. The van der Waals surface area contributed by atoms with Crippen molar-refractivity contribution < 1.29 is 23.9 Å². The fourth-order valence-corrected chi connectivity index (χ4v) is 1.86. The summed E-state index contributed by atoms with van der Waals surface area (Å²) in [5, 5.41) is 2.33. The van der Waals surface area contributed by atoms with E-state index >= 15 is 0 Å². The highest BCUT2D eigenvalue weighted by atomic mass is 16.6. The molecular formula is C17H25N3O5. The molecule has 8 heteroatoms. The summed E-state index contributed by atoms with van der Waals surface area (Å²) in [6, 6.07) is 8.55. The van der Waals surface area contributed by atoms with Crippen LogP contribution in [-0.2, 0) is 25.5 Å². The zero-order chi connectivity index (χ0) is 18.9. The zero-order valence-electron chi connectivity index (χ0n) is 14.9. The molecule has 138 valence electrons. The summed E-state index contributed by atoms with van der Waals surface area (Å²) in [6.45, 7) is 4.87. The predicted octanol–water partition coefficient (Wildman–Crippen LogP) is 0.916. The highest BCUT2D eigenvalue weighted by Gasteiger charge is 2.21. The Balaban J connectivity index is 2.46. The van der Waals surface area contributed by atoms with E-state index in [1.807, 2.05) is 30.3 Å². The maximum Gasteiger partial charge on any atom is 0.408 e. The van der Waals surface area contributed by atoms with Crippen LogP contribution >= 0.6 is 0 Å². The molecule has 0 unspecified atom stereocenters. The van der Waals surface area contributed by atoms with Gasteiger partial charge >= 0.3 is 12.1 Å². The number of hydrogen-bond acceptors (Lipinski definition) is 6. The van der Waals surface area contributed by atoms with Crippen LogP contribution in [0.25, 0.3) is 0 Å². The van der Waals surface area contributed by atoms with Gasteiger partial charge in [-0.25, -0.2) is 10.2 Å². The average Bonchev–Trinajstić information content (AvgIpc) is 2.55. The van der Waals surface area contributed by atoms with Crippen LogP contribution in [0.4, 0.5) is 4.79 Å². The van der Waals surface area contributed by atoms with Crippen molar-refractivity contribution in [2.24, 2.45) is 0 Å². The van der Waals surface area contributed by atoms with Crippen molar-refractivity contribution in [1.29, 1.82) is 0 Å².